The molecule has 2 aromatic carbocycles. The standard InChI is InChI=1S/C34H50O7P/c1-13-21-33(7,29(35)27-23(38-9)17-15-18-24(27)39-10)31(3,4)42(37)32(5,6)34(8,22-14-2)30(36)28-25(40-11)19-16-20-26(28)41-12/h15-20H,13-14,21-22H2,1-12H3. The zero-order chi connectivity index (χ0) is 32.1. The van der Waals surface area contributed by atoms with E-state index in [1.807, 2.05) is 55.4 Å². The Labute approximate surface area is 253 Å². The van der Waals surface area contributed by atoms with Crippen molar-refractivity contribution in [1.29, 1.82) is 0 Å². The van der Waals surface area contributed by atoms with Crippen molar-refractivity contribution in [3.05, 3.63) is 47.5 Å². The number of ether oxygens (including phenoxy) is 4. The van der Waals surface area contributed by atoms with Crippen LogP contribution in [-0.2, 0) is 4.57 Å². The minimum absolute atomic E-state index is 0.197. The highest BCUT2D eigenvalue weighted by Crippen LogP contribution is 2.66. The van der Waals surface area contributed by atoms with Gasteiger partial charge < -0.3 is 18.9 Å². The number of hydrogen-bond acceptors (Lipinski definition) is 7. The smallest absolute Gasteiger partial charge is 0.177 e. The first kappa shape index (κ1) is 35.3. The summed E-state index contributed by atoms with van der Waals surface area (Å²) in [6, 6.07) is 10.5. The average molecular weight is 602 g/mol. The number of Topliss-reactive ketones (excluding diaryl/α,β-unsaturated/α-hetero) is 2. The molecule has 0 aliphatic carbocycles. The number of ketones is 2. The van der Waals surface area contributed by atoms with Gasteiger partial charge in [-0.1, -0.05) is 52.7 Å². The van der Waals surface area contributed by atoms with Crippen LogP contribution in [0.25, 0.3) is 0 Å². The lowest BCUT2D eigenvalue weighted by Crippen LogP contribution is -2.52. The van der Waals surface area contributed by atoms with Gasteiger partial charge in [-0.3, -0.25) is 14.2 Å². The molecule has 8 heteroatoms. The number of methoxy groups -OCH3 is 4. The van der Waals surface area contributed by atoms with Crippen LogP contribution in [0.1, 0.15) is 102 Å². The van der Waals surface area contributed by atoms with Gasteiger partial charge in [-0.25, -0.2) is 0 Å². The van der Waals surface area contributed by atoms with Crippen LogP contribution in [0.5, 0.6) is 23.0 Å². The Morgan fingerprint density at radius 1 is 0.595 bits per heavy atom. The van der Waals surface area contributed by atoms with E-state index in [1.54, 1.807) is 36.4 Å². The van der Waals surface area contributed by atoms with Gasteiger partial charge in [0, 0.05) is 21.1 Å². The van der Waals surface area contributed by atoms with E-state index in [4.69, 9.17) is 18.9 Å². The number of rotatable bonds is 16. The van der Waals surface area contributed by atoms with Gasteiger partial charge in [-0.2, -0.15) is 0 Å². The average Bonchev–Trinajstić information content (AvgIpc) is 2.98. The maximum absolute atomic E-state index is 15.1. The third-order valence-corrected chi connectivity index (χ3v) is 12.5. The van der Waals surface area contributed by atoms with Gasteiger partial charge in [0.2, 0.25) is 0 Å². The maximum Gasteiger partial charge on any atom is 0.177 e. The van der Waals surface area contributed by atoms with Crippen molar-refractivity contribution < 1.29 is 33.1 Å². The summed E-state index contributed by atoms with van der Waals surface area (Å²) in [5.41, 5.74) is -1.49. The molecular weight excluding hydrogens is 551 g/mol. The molecule has 0 saturated carbocycles. The predicted molar refractivity (Wildman–Crippen MR) is 170 cm³/mol. The van der Waals surface area contributed by atoms with Gasteiger partial charge in [0.15, 0.2) is 11.6 Å². The van der Waals surface area contributed by atoms with Gasteiger partial charge in [-0.15, -0.1) is 0 Å². The molecule has 0 fully saturated rings. The van der Waals surface area contributed by atoms with Crippen LogP contribution in [0.4, 0.5) is 0 Å². The molecule has 0 N–H and O–H groups in total. The van der Waals surface area contributed by atoms with Crippen LogP contribution >= 0.6 is 7.80 Å². The van der Waals surface area contributed by atoms with Crippen molar-refractivity contribution in [2.24, 2.45) is 10.8 Å². The van der Waals surface area contributed by atoms with Crippen molar-refractivity contribution >= 4 is 19.4 Å². The molecule has 2 rings (SSSR count). The highest BCUT2D eigenvalue weighted by atomic mass is 31.1. The zero-order valence-corrected chi connectivity index (χ0v) is 28.5. The van der Waals surface area contributed by atoms with E-state index in [0.717, 1.165) is 0 Å². The lowest BCUT2D eigenvalue weighted by molar-refractivity contribution is 0.0707. The monoisotopic (exact) mass is 601 g/mol. The van der Waals surface area contributed by atoms with Gasteiger partial charge >= 0.3 is 0 Å². The summed E-state index contributed by atoms with van der Waals surface area (Å²) in [6.45, 7) is 15.4. The largest absolute Gasteiger partial charge is 0.496 e. The Morgan fingerprint density at radius 3 is 1.07 bits per heavy atom. The van der Waals surface area contributed by atoms with Crippen molar-refractivity contribution in [1.82, 2.24) is 0 Å². The second kappa shape index (κ2) is 13.6. The van der Waals surface area contributed by atoms with E-state index in [2.05, 4.69) is 0 Å². The van der Waals surface area contributed by atoms with E-state index in [1.165, 1.54) is 28.4 Å². The minimum Gasteiger partial charge on any atom is -0.496 e. The fraction of sp³-hybridized carbons (Fsp3) is 0.588. The Balaban J connectivity index is 2.79. The summed E-state index contributed by atoms with van der Waals surface area (Å²) < 4.78 is 37.5. The fourth-order valence-electron chi connectivity index (χ4n) is 6.24. The molecule has 0 aliphatic rings. The highest BCUT2D eigenvalue weighted by Gasteiger charge is 2.60. The third kappa shape index (κ3) is 5.82. The Hall–Kier alpha value is -2.92. The van der Waals surface area contributed by atoms with Gasteiger partial charge in [-0.05, 0) is 64.8 Å². The molecular formula is C34H50O7P. The first-order valence-electron chi connectivity index (χ1n) is 14.6. The molecule has 2 aromatic rings. The van der Waals surface area contributed by atoms with E-state index in [0.29, 0.717) is 59.8 Å². The molecule has 233 valence electrons. The van der Waals surface area contributed by atoms with E-state index in [9.17, 15) is 9.59 Å². The number of carbonyl (C=O) groups excluding carboxylic acids is 2. The molecule has 42 heavy (non-hydrogen) atoms. The molecule has 0 amide bonds. The summed E-state index contributed by atoms with van der Waals surface area (Å²) in [4.78, 5) is 29.2. The lowest BCUT2D eigenvalue weighted by Gasteiger charge is -2.51. The SMILES string of the molecule is CCCC(C)(C(=O)c1c(OC)cccc1OC)C(C)(C)[P](=O)C(C)(C)C(C)(CCC)C(=O)c1c(OC)cccc1OC. The third-order valence-electron chi connectivity index (χ3n) is 9.53. The summed E-state index contributed by atoms with van der Waals surface area (Å²) in [7, 11) is 3.85. The Kier molecular flexibility index (Phi) is 11.4. The highest BCUT2D eigenvalue weighted by molar-refractivity contribution is 7.48. The zero-order valence-electron chi connectivity index (χ0n) is 27.6. The Bertz CT molecular complexity index is 1160. The first-order valence-corrected chi connectivity index (χ1v) is 15.9. The Morgan fingerprint density at radius 2 is 0.857 bits per heavy atom. The van der Waals surface area contributed by atoms with E-state index >= 15 is 4.57 Å². The molecule has 1 radical (unpaired) electrons. The van der Waals surface area contributed by atoms with Crippen LogP contribution in [0.3, 0.4) is 0 Å². The predicted octanol–water partition coefficient (Wildman–Crippen LogP) is 8.78. The van der Waals surface area contributed by atoms with Crippen LogP contribution in [0.2, 0.25) is 0 Å². The quantitative estimate of drug-likeness (QED) is 0.140. The normalized spacial score (nSPS) is 15.2. The summed E-state index contributed by atoms with van der Waals surface area (Å²) >= 11 is 0. The van der Waals surface area contributed by atoms with Crippen molar-refractivity contribution in [2.75, 3.05) is 28.4 Å². The summed E-state index contributed by atoms with van der Waals surface area (Å²) in [5, 5.41) is -2.07. The van der Waals surface area contributed by atoms with Gasteiger partial charge in [0.1, 0.15) is 34.1 Å². The molecule has 0 aliphatic heterocycles. The summed E-state index contributed by atoms with van der Waals surface area (Å²) in [5.74, 6) is 1.22. The number of benzene rings is 2. The van der Waals surface area contributed by atoms with Crippen LogP contribution in [0, 0.1) is 10.8 Å². The van der Waals surface area contributed by atoms with E-state index in [-0.39, 0.29) is 11.6 Å². The minimum atomic E-state index is -2.22. The van der Waals surface area contributed by atoms with Crippen LogP contribution < -0.4 is 18.9 Å². The molecule has 0 aromatic heterocycles. The summed E-state index contributed by atoms with van der Waals surface area (Å²) in [6.07, 6.45) is 2.35. The number of carbonyl (C=O) groups is 2. The molecule has 0 spiro atoms. The second-order valence-corrected chi connectivity index (χ2v) is 15.1. The van der Waals surface area contributed by atoms with Crippen LogP contribution in [0.15, 0.2) is 36.4 Å². The van der Waals surface area contributed by atoms with Crippen molar-refractivity contribution in [2.45, 2.75) is 91.4 Å². The number of hydrogen-bond donors (Lipinski definition) is 0. The topological polar surface area (TPSA) is 88.1 Å². The molecule has 7 nitrogen and oxygen atoms in total. The van der Waals surface area contributed by atoms with Gasteiger partial charge in [0.05, 0.1) is 36.2 Å². The maximum atomic E-state index is 15.1. The molecule has 2 unspecified atom stereocenters. The van der Waals surface area contributed by atoms with Gasteiger partial charge in [0.25, 0.3) is 0 Å². The molecule has 2 atom stereocenters. The van der Waals surface area contributed by atoms with Crippen molar-refractivity contribution in [3.63, 3.8) is 0 Å². The van der Waals surface area contributed by atoms with Crippen LogP contribution in [-0.4, -0.2) is 50.3 Å². The molecule has 0 saturated heterocycles. The second-order valence-electron chi connectivity index (χ2n) is 12.3. The lowest BCUT2D eigenvalue weighted by atomic mass is 9.68. The first-order chi connectivity index (χ1) is 19.6. The van der Waals surface area contributed by atoms with Crippen molar-refractivity contribution in [3.8, 4) is 23.0 Å². The molecule has 0 bridgehead atoms. The molecule has 0 heterocycles. The fourth-order valence-corrected chi connectivity index (χ4v) is 8.96. The van der Waals surface area contributed by atoms with E-state index < -0.39 is 28.9 Å².